The molecule has 0 bridgehead atoms. The van der Waals surface area contributed by atoms with Crippen molar-refractivity contribution in [3.63, 3.8) is 0 Å². The summed E-state index contributed by atoms with van der Waals surface area (Å²) in [4.78, 5) is 22.3. The van der Waals surface area contributed by atoms with Gasteiger partial charge in [0, 0.05) is 12.1 Å². The number of amides is 1. The predicted molar refractivity (Wildman–Crippen MR) is 74.5 cm³/mol. The summed E-state index contributed by atoms with van der Waals surface area (Å²) in [6, 6.07) is 6.69. The first-order chi connectivity index (χ1) is 9.17. The molecule has 0 aliphatic heterocycles. The van der Waals surface area contributed by atoms with Gasteiger partial charge in [-0.3, -0.25) is 9.59 Å². The molecule has 1 aromatic carbocycles. The van der Waals surface area contributed by atoms with Crippen LogP contribution in [0.15, 0.2) is 24.3 Å². The van der Waals surface area contributed by atoms with E-state index in [1.54, 1.807) is 31.2 Å². The summed E-state index contributed by atoms with van der Waals surface area (Å²) < 4.78 is 5.50. The maximum Gasteiger partial charge on any atom is 0.260 e. The summed E-state index contributed by atoms with van der Waals surface area (Å²) in [5, 5.41) is 2.84. The highest BCUT2D eigenvalue weighted by atomic mass is 16.5. The van der Waals surface area contributed by atoms with Crippen molar-refractivity contribution < 1.29 is 14.3 Å². The Morgan fingerprint density at radius 3 is 2.58 bits per heavy atom. The van der Waals surface area contributed by atoms with Crippen molar-refractivity contribution in [2.75, 3.05) is 6.54 Å². The second-order valence-corrected chi connectivity index (χ2v) is 4.45. The van der Waals surface area contributed by atoms with Gasteiger partial charge in [0.15, 0.2) is 6.10 Å². The maximum absolute atomic E-state index is 11.7. The Morgan fingerprint density at radius 2 is 2.00 bits per heavy atom. The molecule has 0 aliphatic rings. The van der Waals surface area contributed by atoms with Gasteiger partial charge in [-0.25, -0.2) is 0 Å². The van der Waals surface area contributed by atoms with Crippen LogP contribution in [0.2, 0.25) is 0 Å². The van der Waals surface area contributed by atoms with Gasteiger partial charge in [-0.15, -0.1) is 0 Å². The first kappa shape index (κ1) is 15.2. The van der Waals surface area contributed by atoms with E-state index >= 15 is 0 Å². The van der Waals surface area contributed by atoms with E-state index in [1.165, 1.54) is 0 Å². The third-order valence-electron chi connectivity index (χ3n) is 2.78. The lowest BCUT2D eigenvalue weighted by molar-refractivity contribution is -0.127. The summed E-state index contributed by atoms with van der Waals surface area (Å²) in [5.41, 5.74) is 0.587. The average Bonchev–Trinajstić information content (AvgIpc) is 2.44. The molecule has 0 fully saturated rings. The number of nitrogens with one attached hydrogen (secondary N) is 1. The number of carbonyl (C=O) groups is 2. The van der Waals surface area contributed by atoms with Crippen molar-refractivity contribution in [1.29, 1.82) is 0 Å². The normalized spacial score (nSPS) is 11.7. The van der Waals surface area contributed by atoms with Crippen LogP contribution in [0.5, 0.6) is 5.75 Å². The molecule has 0 aliphatic carbocycles. The monoisotopic (exact) mass is 263 g/mol. The third-order valence-corrected chi connectivity index (χ3v) is 2.78. The van der Waals surface area contributed by atoms with Gasteiger partial charge in [0.1, 0.15) is 12.0 Å². The first-order valence-corrected chi connectivity index (χ1v) is 6.67. The van der Waals surface area contributed by atoms with E-state index < -0.39 is 6.10 Å². The van der Waals surface area contributed by atoms with Crippen molar-refractivity contribution in [1.82, 2.24) is 5.32 Å². The topological polar surface area (TPSA) is 55.4 Å². The molecule has 19 heavy (non-hydrogen) atoms. The van der Waals surface area contributed by atoms with Gasteiger partial charge in [0.05, 0.1) is 0 Å². The van der Waals surface area contributed by atoms with E-state index in [1.807, 2.05) is 0 Å². The van der Waals surface area contributed by atoms with Crippen LogP contribution in [-0.2, 0) is 4.79 Å². The molecule has 4 nitrogen and oxygen atoms in total. The Bertz CT molecular complexity index is 400. The first-order valence-electron chi connectivity index (χ1n) is 6.67. The molecule has 4 heteroatoms. The smallest absolute Gasteiger partial charge is 0.260 e. The van der Waals surface area contributed by atoms with Crippen LogP contribution in [-0.4, -0.2) is 24.8 Å². The third kappa shape index (κ3) is 5.55. The molecule has 1 rings (SSSR count). The summed E-state index contributed by atoms with van der Waals surface area (Å²) in [6.07, 6.45) is 3.47. The standard InChI is InChI=1S/C15H21NO3/c1-3-4-5-10-16-15(18)12(2)19-14-8-6-13(11-17)7-9-14/h6-9,11-12H,3-5,10H2,1-2H3,(H,16,18). The average molecular weight is 263 g/mol. The Morgan fingerprint density at radius 1 is 1.32 bits per heavy atom. The molecule has 1 atom stereocenters. The number of hydrogen-bond donors (Lipinski definition) is 1. The minimum absolute atomic E-state index is 0.115. The SMILES string of the molecule is CCCCCNC(=O)C(C)Oc1ccc(C=O)cc1. The zero-order valence-electron chi connectivity index (χ0n) is 11.5. The van der Waals surface area contributed by atoms with Crippen LogP contribution in [0.4, 0.5) is 0 Å². The minimum atomic E-state index is -0.538. The van der Waals surface area contributed by atoms with Crippen LogP contribution in [0.3, 0.4) is 0 Å². The molecule has 0 aromatic heterocycles. The van der Waals surface area contributed by atoms with Gasteiger partial charge in [-0.05, 0) is 37.6 Å². The van der Waals surface area contributed by atoms with E-state index in [0.29, 0.717) is 17.9 Å². The molecule has 1 amide bonds. The van der Waals surface area contributed by atoms with E-state index in [2.05, 4.69) is 12.2 Å². The van der Waals surface area contributed by atoms with Gasteiger partial charge >= 0.3 is 0 Å². The highest BCUT2D eigenvalue weighted by Crippen LogP contribution is 2.13. The van der Waals surface area contributed by atoms with E-state index in [-0.39, 0.29) is 5.91 Å². The van der Waals surface area contributed by atoms with Crippen LogP contribution < -0.4 is 10.1 Å². The molecule has 0 radical (unpaired) electrons. The van der Waals surface area contributed by atoms with Crippen LogP contribution >= 0.6 is 0 Å². The second kappa shape index (κ2) is 8.29. The molecular weight excluding hydrogens is 242 g/mol. The zero-order valence-corrected chi connectivity index (χ0v) is 11.5. The number of carbonyl (C=O) groups excluding carboxylic acids is 2. The Balaban J connectivity index is 2.37. The number of rotatable bonds is 8. The zero-order chi connectivity index (χ0) is 14.1. The Hall–Kier alpha value is -1.84. The second-order valence-electron chi connectivity index (χ2n) is 4.45. The molecule has 1 unspecified atom stereocenters. The Kier molecular flexibility index (Phi) is 6.64. The fourth-order valence-electron chi connectivity index (χ4n) is 1.61. The van der Waals surface area contributed by atoms with Crippen LogP contribution in [0.25, 0.3) is 0 Å². The minimum Gasteiger partial charge on any atom is -0.481 e. The van der Waals surface area contributed by atoms with Gasteiger partial charge in [-0.1, -0.05) is 19.8 Å². The van der Waals surface area contributed by atoms with Crippen LogP contribution in [0, 0.1) is 0 Å². The lowest BCUT2D eigenvalue weighted by atomic mass is 10.2. The molecule has 1 N–H and O–H groups in total. The molecule has 104 valence electrons. The molecule has 0 spiro atoms. The number of unbranched alkanes of at least 4 members (excludes halogenated alkanes) is 2. The highest BCUT2D eigenvalue weighted by molar-refractivity contribution is 5.80. The number of aldehydes is 1. The fraction of sp³-hybridized carbons (Fsp3) is 0.467. The molecular formula is C15H21NO3. The summed E-state index contributed by atoms with van der Waals surface area (Å²) in [5.74, 6) is 0.470. The van der Waals surface area contributed by atoms with Crippen LogP contribution in [0.1, 0.15) is 43.5 Å². The van der Waals surface area contributed by atoms with Crippen molar-refractivity contribution in [2.24, 2.45) is 0 Å². The quantitative estimate of drug-likeness (QED) is 0.579. The number of hydrogen-bond acceptors (Lipinski definition) is 3. The van der Waals surface area contributed by atoms with Gasteiger partial charge < -0.3 is 10.1 Å². The van der Waals surface area contributed by atoms with Crippen molar-refractivity contribution in [3.8, 4) is 5.75 Å². The number of ether oxygens (including phenoxy) is 1. The predicted octanol–water partition coefficient (Wildman–Crippen LogP) is 2.57. The molecule has 1 aromatic rings. The maximum atomic E-state index is 11.7. The van der Waals surface area contributed by atoms with E-state index in [4.69, 9.17) is 4.74 Å². The van der Waals surface area contributed by atoms with Crippen molar-refractivity contribution in [2.45, 2.75) is 39.2 Å². The number of benzene rings is 1. The molecule has 0 saturated carbocycles. The summed E-state index contributed by atoms with van der Waals surface area (Å²) >= 11 is 0. The van der Waals surface area contributed by atoms with Crippen molar-refractivity contribution >= 4 is 12.2 Å². The Labute approximate surface area is 114 Å². The van der Waals surface area contributed by atoms with Gasteiger partial charge in [0.25, 0.3) is 5.91 Å². The van der Waals surface area contributed by atoms with Gasteiger partial charge in [-0.2, -0.15) is 0 Å². The lowest BCUT2D eigenvalue weighted by Gasteiger charge is -2.14. The van der Waals surface area contributed by atoms with Gasteiger partial charge in [0.2, 0.25) is 0 Å². The van der Waals surface area contributed by atoms with E-state index in [9.17, 15) is 9.59 Å². The lowest BCUT2D eigenvalue weighted by Crippen LogP contribution is -2.36. The largest absolute Gasteiger partial charge is 0.481 e. The summed E-state index contributed by atoms with van der Waals surface area (Å²) in [7, 11) is 0. The molecule has 0 saturated heterocycles. The summed E-state index contributed by atoms with van der Waals surface area (Å²) in [6.45, 7) is 4.52. The fourth-order valence-corrected chi connectivity index (χ4v) is 1.61. The highest BCUT2D eigenvalue weighted by Gasteiger charge is 2.13. The van der Waals surface area contributed by atoms with Crippen molar-refractivity contribution in [3.05, 3.63) is 29.8 Å². The molecule has 0 heterocycles. The van der Waals surface area contributed by atoms with E-state index in [0.717, 1.165) is 25.5 Å².